The number of nitrogens with zero attached hydrogens (tertiary/aromatic N) is 2. The average molecular weight is 448 g/mol. The predicted molar refractivity (Wildman–Crippen MR) is 125 cm³/mol. The molecule has 0 aliphatic rings. The molecular formula is C25H25FN4O3. The van der Waals surface area contributed by atoms with Gasteiger partial charge in [0.05, 0.1) is 30.1 Å². The second-order valence-electron chi connectivity index (χ2n) is 7.62. The first-order chi connectivity index (χ1) is 16.1. The largest absolute Gasteiger partial charge is 0.394 e. The summed E-state index contributed by atoms with van der Waals surface area (Å²) in [5, 5.41) is 12.8. The van der Waals surface area contributed by atoms with Gasteiger partial charge in [0.2, 0.25) is 0 Å². The van der Waals surface area contributed by atoms with E-state index in [-0.39, 0.29) is 24.6 Å². The summed E-state index contributed by atoms with van der Waals surface area (Å²) in [6, 6.07) is 16.6. The number of benzene rings is 2. The Labute approximate surface area is 190 Å². The van der Waals surface area contributed by atoms with Crippen LogP contribution in [-0.4, -0.2) is 33.8 Å². The Hall–Kier alpha value is -3.75. The molecule has 33 heavy (non-hydrogen) atoms. The Bertz CT molecular complexity index is 1260. The minimum absolute atomic E-state index is 0.0487. The molecular weight excluding hydrogens is 423 g/mol. The van der Waals surface area contributed by atoms with E-state index in [4.69, 9.17) is 9.94 Å². The molecule has 8 heteroatoms. The maximum absolute atomic E-state index is 14.7. The monoisotopic (exact) mass is 448 g/mol. The Kier molecular flexibility index (Phi) is 6.97. The highest BCUT2D eigenvalue weighted by Gasteiger charge is 2.24. The molecule has 7 nitrogen and oxygen atoms in total. The molecule has 0 aliphatic heterocycles. The lowest BCUT2D eigenvalue weighted by Crippen LogP contribution is -2.28. The van der Waals surface area contributed by atoms with Gasteiger partial charge < -0.3 is 15.0 Å². The predicted octanol–water partition coefficient (Wildman–Crippen LogP) is 4.12. The van der Waals surface area contributed by atoms with Crippen LogP contribution in [0.25, 0.3) is 10.9 Å². The highest BCUT2D eigenvalue weighted by molar-refractivity contribution is 6.09. The van der Waals surface area contributed by atoms with Crippen LogP contribution in [0.4, 0.5) is 15.8 Å². The van der Waals surface area contributed by atoms with E-state index in [1.165, 1.54) is 6.07 Å². The summed E-state index contributed by atoms with van der Waals surface area (Å²) in [6.07, 6.45) is 3.98. The lowest BCUT2D eigenvalue weighted by molar-refractivity contribution is 0.0163. The van der Waals surface area contributed by atoms with Gasteiger partial charge in [-0.25, -0.2) is 9.87 Å². The number of nitrogens with one attached hydrogen (secondary N) is 2. The van der Waals surface area contributed by atoms with Crippen molar-refractivity contribution in [3.05, 3.63) is 89.6 Å². The zero-order valence-corrected chi connectivity index (χ0v) is 18.2. The van der Waals surface area contributed by atoms with E-state index in [1.807, 2.05) is 47.9 Å². The molecule has 0 radical (unpaired) electrons. The van der Waals surface area contributed by atoms with Crippen molar-refractivity contribution >= 4 is 28.2 Å². The lowest BCUT2D eigenvalue weighted by atomic mass is 10.1. The Balaban J connectivity index is 1.80. The highest BCUT2D eigenvalue weighted by Crippen LogP contribution is 2.34. The molecule has 4 aromatic rings. The van der Waals surface area contributed by atoms with Crippen LogP contribution in [0, 0.1) is 12.7 Å². The summed E-state index contributed by atoms with van der Waals surface area (Å²) < 4.78 is 16.5. The number of hydroxylamine groups is 1. The van der Waals surface area contributed by atoms with E-state index in [0.717, 1.165) is 16.6 Å². The fourth-order valence-corrected chi connectivity index (χ4v) is 3.75. The molecule has 3 N–H and O–H groups in total. The maximum Gasteiger partial charge on any atom is 0.293 e. The number of hydrogen-bond acceptors (Lipinski definition) is 5. The zero-order valence-electron chi connectivity index (χ0n) is 18.2. The molecule has 2 aromatic heterocycles. The normalized spacial score (nSPS) is 11.0. The summed E-state index contributed by atoms with van der Waals surface area (Å²) in [6.45, 7) is 2.03. The number of carbonyl (C=O) groups is 1. The number of anilines is 2. The molecule has 2 heterocycles. The molecule has 0 bridgehead atoms. The lowest BCUT2D eigenvalue weighted by Gasteiger charge is -2.14. The summed E-state index contributed by atoms with van der Waals surface area (Å²) in [4.78, 5) is 22.5. The first-order valence-electron chi connectivity index (χ1n) is 10.6. The zero-order chi connectivity index (χ0) is 23.2. The number of amides is 1. The number of pyridine rings is 1. The average Bonchev–Trinajstić information content (AvgIpc) is 3.13. The fourth-order valence-electron chi connectivity index (χ4n) is 3.75. The maximum atomic E-state index is 14.7. The van der Waals surface area contributed by atoms with Crippen molar-refractivity contribution in [2.75, 3.05) is 18.5 Å². The van der Waals surface area contributed by atoms with Gasteiger partial charge in [0.25, 0.3) is 5.91 Å². The molecule has 0 fully saturated rings. The van der Waals surface area contributed by atoms with Crippen molar-refractivity contribution in [1.82, 2.24) is 15.0 Å². The number of carbonyl (C=O) groups excluding carboxylic acids is 1. The summed E-state index contributed by atoms with van der Waals surface area (Å²) in [5.41, 5.74) is 6.03. The number of aryl methyl sites for hydroxylation is 3. The van der Waals surface area contributed by atoms with Gasteiger partial charge in [-0.15, -0.1) is 0 Å². The van der Waals surface area contributed by atoms with Crippen molar-refractivity contribution in [3.8, 4) is 0 Å². The molecule has 0 aliphatic carbocycles. The minimum atomic E-state index is -0.511. The Morgan fingerprint density at radius 3 is 2.76 bits per heavy atom. The van der Waals surface area contributed by atoms with Gasteiger partial charge >= 0.3 is 0 Å². The quantitative estimate of drug-likeness (QED) is 0.265. The molecule has 4 rings (SSSR count). The second kappa shape index (κ2) is 10.2. The summed E-state index contributed by atoms with van der Waals surface area (Å²) in [5.74, 6) is -0.935. The molecule has 1 amide bonds. The van der Waals surface area contributed by atoms with E-state index < -0.39 is 11.7 Å². The van der Waals surface area contributed by atoms with Crippen LogP contribution in [0.1, 0.15) is 21.6 Å². The van der Waals surface area contributed by atoms with Crippen molar-refractivity contribution in [3.63, 3.8) is 0 Å². The van der Waals surface area contributed by atoms with E-state index in [0.29, 0.717) is 24.0 Å². The van der Waals surface area contributed by atoms with Crippen LogP contribution in [0.5, 0.6) is 0 Å². The first-order valence-corrected chi connectivity index (χ1v) is 10.6. The van der Waals surface area contributed by atoms with Crippen molar-refractivity contribution in [2.45, 2.75) is 19.9 Å². The van der Waals surface area contributed by atoms with Gasteiger partial charge in [-0.2, -0.15) is 0 Å². The van der Waals surface area contributed by atoms with E-state index in [9.17, 15) is 9.18 Å². The van der Waals surface area contributed by atoms with Crippen LogP contribution >= 0.6 is 0 Å². The van der Waals surface area contributed by atoms with Gasteiger partial charge in [-0.05, 0) is 42.7 Å². The van der Waals surface area contributed by atoms with Crippen LogP contribution < -0.4 is 10.8 Å². The molecule has 0 saturated carbocycles. The van der Waals surface area contributed by atoms with Gasteiger partial charge in [0.1, 0.15) is 11.5 Å². The summed E-state index contributed by atoms with van der Waals surface area (Å²) in [7, 11) is 0. The third-order valence-electron chi connectivity index (χ3n) is 5.29. The SMILES string of the molecule is Cc1ccc(Nc2c(C(=O)NOCCO)n(CCc3ccccc3)c3ccncc23)c(F)c1. The Morgan fingerprint density at radius 1 is 1.18 bits per heavy atom. The molecule has 170 valence electrons. The first kappa shape index (κ1) is 22.4. The van der Waals surface area contributed by atoms with Crippen molar-refractivity contribution in [1.29, 1.82) is 0 Å². The minimum Gasteiger partial charge on any atom is -0.394 e. The fraction of sp³-hybridized carbons (Fsp3) is 0.200. The van der Waals surface area contributed by atoms with Gasteiger partial charge in [0, 0.05) is 24.3 Å². The number of hydrogen-bond donors (Lipinski definition) is 3. The summed E-state index contributed by atoms with van der Waals surface area (Å²) >= 11 is 0. The third-order valence-corrected chi connectivity index (χ3v) is 5.29. The van der Waals surface area contributed by atoms with Gasteiger partial charge in [-0.1, -0.05) is 36.4 Å². The van der Waals surface area contributed by atoms with Crippen LogP contribution in [0.3, 0.4) is 0 Å². The second-order valence-corrected chi connectivity index (χ2v) is 7.62. The molecule has 0 spiro atoms. The number of aromatic nitrogens is 2. The highest BCUT2D eigenvalue weighted by atomic mass is 19.1. The van der Waals surface area contributed by atoms with E-state index >= 15 is 0 Å². The molecule has 0 saturated heterocycles. The number of rotatable bonds is 9. The molecule has 2 aromatic carbocycles. The number of aliphatic hydroxyl groups excluding tert-OH is 1. The molecule has 0 unspecified atom stereocenters. The smallest absolute Gasteiger partial charge is 0.293 e. The number of fused-ring (bicyclic) bond motifs is 1. The Morgan fingerprint density at radius 2 is 2.00 bits per heavy atom. The van der Waals surface area contributed by atoms with E-state index in [2.05, 4.69) is 15.8 Å². The number of aliphatic hydroxyl groups is 1. The third kappa shape index (κ3) is 5.02. The standard InChI is InChI=1S/C25H25FN4O3/c1-17-7-8-21(20(26)15-17)28-23-19-16-27-11-9-22(19)30(12-10-18-5-3-2-4-6-18)24(23)25(32)29-33-14-13-31/h2-9,11,15-16,28,31H,10,12-14H2,1H3,(H,29,32). The van der Waals surface area contributed by atoms with Crippen LogP contribution in [-0.2, 0) is 17.8 Å². The van der Waals surface area contributed by atoms with Gasteiger partial charge in [0.15, 0.2) is 0 Å². The topological polar surface area (TPSA) is 88.4 Å². The van der Waals surface area contributed by atoms with Gasteiger partial charge in [-0.3, -0.25) is 14.6 Å². The van der Waals surface area contributed by atoms with Crippen LogP contribution in [0.2, 0.25) is 0 Å². The number of halogens is 1. The van der Waals surface area contributed by atoms with Crippen LogP contribution in [0.15, 0.2) is 67.0 Å². The van der Waals surface area contributed by atoms with Crippen molar-refractivity contribution in [2.24, 2.45) is 0 Å². The van der Waals surface area contributed by atoms with E-state index in [1.54, 1.807) is 24.5 Å². The molecule has 0 atom stereocenters. The van der Waals surface area contributed by atoms with Crippen molar-refractivity contribution < 1.29 is 19.1 Å².